The van der Waals surface area contributed by atoms with E-state index >= 15 is 0 Å². The van der Waals surface area contributed by atoms with Crippen LogP contribution in [0.5, 0.6) is 11.5 Å². The number of halogens is 6. The van der Waals surface area contributed by atoms with E-state index in [9.17, 15) is 35.9 Å². The Morgan fingerprint density at radius 1 is 0.647 bits per heavy atom. The Balaban J connectivity index is 0.000000292. The molecule has 7 aromatic rings. The van der Waals surface area contributed by atoms with Crippen LogP contribution in [0, 0.1) is 17.8 Å². The molecule has 20 heteroatoms. The Morgan fingerprint density at radius 2 is 1.21 bits per heavy atom. The third kappa shape index (κ3) is 15.0. The van der Waals surface area contributed by atoms with Crippen LogP contribution < -0.4 is 19.7 Å². The number of rotatable bonds is 18. The Bertz CT molecular complexity index is 2730. The molecule has 0 aliphatic rings. The van der Waals surface area contributed by atoms with Crippen LogP contribution in [0.1, 0.15) is 92.6 Å². The molecule has 0 saturated heterocycles. The van der Waals surface area contributed by atoms with E-state index in [2.05, 4.69) is 72.5 Å². The first kappa shape index (κ1) is 52.4. The van der Waals surface area contributed by atoms with Crippen LogP contribution in [0.15, 0.2) is 90.6 Å². The second kappa shape index (κ2) is 25.0. The van der Waals surface area contributed by atoms with E-state index in [0.717, 1.165) is 16.9 Å². The van der Waals surface area contributed by atoms with Crippen molar-refractivity contribution in [1.29, 1.82) is 0 Å². The van der Waals surface area contributed by atoms with E-state index in [1.54, 1.807) is 41.8 Å². The van der Waals surface area contributed by atoms with Crippen molar-refractivity contribution in [1.82, 2.24) is 40.3 Å². The summed E-state index contributed by atoms with van der Waals surface area (Å²) >= 11 is 1.69. The van der Waals surface area contributed by atoms with Gasteiger partial charge in [-0.3, -0.25) is 24.5 Å². The Labute approximate surface area is 404 Å². The van der Waals surface area contributed by atoms with Crippen LogP contribution in [0.25, 0.3) is 45.6 Å². The van der Waals surface area contributed by atoms with Gasteiger partial charge in [0, 0.05) is 36.2 Å². The molecule has 0 radical (unpaired) electrons. The molecule has 0 N–H and O–H groups in total. The molecular formula is C48H42F6N8O4RuS. The third-order valence-corrected chi connectivity index (χ3v) is 11.0. The van der Waals surface area contributed by atoms with Crippen molar-refractivity contribution in [2.45, 2.75) is 84.0 Å². The number of pyridine rings is 4. The predicted octanol–water partition coefficient (Wildman–Crippen LogP) is 11.2. The molecule has 12 nitrogen and oxygen atoms in total. The van der Waals surface area contributed by atoms with Gasteiger partial charge in [0.2, 0.25) is 0 Å². The zero-order valence-corrected chi connectivity index (χ0v) is 39.1. The summed E-state index contributed by atoms with van der Waals surface area (Å²) in [7, 11) is 0. The molecule has 0 saturated carbocycles. The fraction of sp³-hybridized carbons (Fsp3) is 0.292. The smallest absolute Gasteiger partial charge is 0.573 e. The van der Waals surface area contributed by atoms with E-state index in [4.69, 9.17) is 14.5 Å². The quantitative estimate of drug-likeness (QED) is 0.0264. The number of thiophene rings is 1. The molecular weight excluding hydrogens is 1000 g/mol. The van der Waals surface area contributed by atoms with Crippen molar-refractivity contribution in [3.05, 3.63) is 118 Å². The van der Waals surface area contributed by atoms with E-state index in [-0.39, 0.29) is 48.0 Å². The van der Waals surface area contributed by atoms with Gasteiger partial charge in [-0.25, -0.2) is 4.98 Å². The molecule has 0 fully saturated rings. The summed E-state index contributed by atoms with van der Waals surface area (Å²) in [5.41, 5.74) is 1.44. The number of unbranched alkanes of at least 4 members (excludes halogenated alkanes) is 4. The van der Waals surface area contributed by atoms with Crippen molar-refractivity contribution in [2.75, 3.05) is 0 Å². The van der Waals surface area contributed by atoms with Crippen LogP contribution in [0.3, 0.4) is 0 Å². The third-order valence-electron chi connectivity index (χ3n) is 10.1. The summed E-state index contributed by atoms with van der Waals surface area (Å²) in [6, 6.07) is 17.8. The van der Waals surface area contributed by atoms with Crippen molar-refractivity contribution < 1.29 is 64.9 Å². The fourth-order valence-electron chi connectivity index (χ4n) is 6.80. The Hall–Kier alpha value is -6.58. The number of carbonyl (C=O) groups excluding carboxylic acids is 2. The minimum Gasteiger partial charge on any atom is -0.573 e. The van der Waals surface area contributed by atoms with Crippen molar-refractivity contribution >= 4 is 24.3 Å². The molecule has 0 spiro atoms. The van der Waals surface area contributed by atoms with Crippen LogP contribution >= 0.6 is 11.3 Å². The summed E-state index contributed by atoms with van der Waals surface area (Å²) in [6.45, 7) is 5.22. The minimum absolute atomic E-state index is 0. The van der Waals surface area contributed by atoms with Crippen LogP contribution in [0.2, 0.25) is 0 Å². The Kier molecular flexibility index (Phi) is 19.2. The maximum atomic E-state index is 12.5. The van der Waals surface area contributed by atoms with E-state index in [0.29, 0.717) is 59.5 Å². The van der Waals surface area contributed by atoms with Gasteiger partial charge in [-0.1, -0.05) is 94.5 Å². The number of ether oxygens (including phenoxy) is 2. The second-order valence-electron chi connectivity index (χ2n) is 15.0. The number of alkyl halides is 6. The maximum absolute atomic E-state index is 12.5. The summed E-state index contributed by atoms with van der Waals surface area (Å²) in [5, 5.41) is 14.9. The van der Waals surface area contributed by atoms with Crippen LogP contribution in [0.4, 0.5) is 26.3 Å². The number of nitrogens with zero attached hydrogens (tertiary/aromatic N) is 8. The van der Waals surface area contributed by atoms with Crippen molar-refractivity contribution in [3.8, 4) is 68.9 Å². The number of carbonyl (C=O) groups is 2. The molecule has 7 heterocycles. The zero-order chi connectivity index (χ0) is 47.8. The molecule has 354 valence electrons. The predicted molar refractivity (Wildman–Crippen MR) is 237 cm³/mol. The second-order valence-corrected chi connectivity index (χ2v) is 15.9. The first-order chi connectivity index (χ1) is 32.3. The molecule has 0 aliphatic carbocycles. The average molecular weight is 1040 g/mol. The van der Waals surface area contributed by atoms with E-state index < -0.39 is 23.7 Å². The van der Waals surface area contributed by atoms with E-state index in [1.807, 2.05) is 12.1 Å². The first-order valence-electron chi connectivity index (χ1n) is 21.1. The van der Waals surface area contributed by atoms with Gasteiger partial charge in [-0.05, 0) is 71.8 Å². The van der Waals surface area contributed by atoms with Crippen LogP contribution in [-0.2, 0) is 47.8 Å². The zero-order valence-electron chi connectivity index (χ0n) is 36.5. The summed E-state index contributed by atoms with van der Waals surface area (Å²) in [6.07, 6.45) is 5.21. The number of hydrogen-bond donors (Lipinski definition) is 0. The molecule has 1 unspecified atom stereocenters. The largest absolute Gasteiger partial charge is 2.00 e. The van der Waals surface area contributed by atoms with Gasteiger partial charge in [0.15, 0.2) is 0 Å². The SMILES string of the molecule is CCCCCCC(CCCC)Cc1ccsc1C#Cc1ccnc(-c2cc(OC=O)cc(-c3cc(OC=O)ccn3)n2)c1.FC(F)(F)c1cc(-c2cccc(-c3cc(C(F)(F)F)n[n-]3)n2)[n-]n1.[Ru+2]. The molecule has 0 aromatic carbocycles. The van der Waals surface area contributed by atoms with Gasteiger partial charge in [0.05, 0.1) is 39.0 Å². The monoisotopic (exact) mass is 1040 g/mol. The summed E-state index contributed by atoms with van der Waals surface area (Å²) in [5.74, 6) is 8.04. The van der Waals surface area contributed by atoms with Gasteiger partial charge >= 0.3 is 31.8 Å². The molecule has 68 heavy (non-hydrogen) atoms. The van der Waals surface area contributed by atoms with Gasteiger partial charge in [-0.2, -0.15) is 26.3 Å². The summed E-state index contributed by atoms with van der Waals surface area (Å²) in [4.78, 5) is 40.5. The normalized spacial score (nSPS) is 11.6. The molecule has 0 amide bonds. The van der Waals surface area contributed by atoms with Gasteiger partial charge < -0.3 is 29.9 Å². The van der Waals surface area contributed by atoms with Gasteiger partial charge in [0.25, 0.3) is 12.9 Å². The topological polar surface area (TPSA) is 158 Å². The standard InChI is InChI=1S/C35H37N3O4S.C13H5F6N5.Ru/c1-3-5-7-8-10-26(9-6-4-2)19-28-15-18-43-35(28)12-11-27-13-16-36-31(20-27)33-22-30(42-25-40)23-34(38-33)32-21-29(41-24-39)14-17-37-32;14-12(15,16)10-4-8(21-23-10)6-2-1-3-7(20-6)9-5-11(24-22-9)13(17,18)19;/h13-18,20-26H,3-10,19H2,1-2H3;1-5H;/q;-2;+2. The number of aromatic nitrogens is 8. The van der Waals surface area contributed by atoms with Crippen molar-refractivity contribution in [2.24, 2.45) is 5.92 Å². The molecule has 7 rings (SSSR count). The summed E-state index contributed by atoms with van der Waals surface area (Å²) < 4.78 is 85.3. The minimum atomic E-state index is -4.65. The fourth-order valence-corrected chi connectivity index (χ4v) is 7.59. The maximum Gasteiger partial charge on any atom is 2.00 e. The average Bonchev–Trinajstić information content (AvgIpc) is 4.12. The van der Waals surface area contributed by atoms with Crippen molar-refractivity contribution in [3.63, 3.8) is 0 Å². The van der Waals surface area contributed by atoms with E-state index in [1.165, 1.54) is 81.3 Å². The van der Waals surface area contributed by atoms with Gasteiger partial charge in [-0.15, -0.1) is 11.3 Å². The molecule has 7 aromatic heterocycles. The van der Waals surface area contributed by atoms with Gasteiger partial charge in [0.1, 0.15) is 22.9 Å². The number of hydrogen-bond acceptors (Lipinski definition) is 11. The Morgan fingerprint density at radius 3 is 1.79 bits per heavy atom. The molecule has 0 aliphatic heterocycles. The first-order valence-corrected chi connectivity index (χ1v) is 22.0. The molecule has 0 bridgehead atoms. The van der Waals surface area contributed by atoms with Crippen LogP contribution in [-0.4, -0.2) is 43.1 Å². The molecule has 1 atom stereocenters.